The predicted octanol–water partition coefficient (Wildman–Crippen LogP) is 5.55. The van der Waals surface area contributed by atoms with Crippen LogP contribution in [0.4, 0.5) is 0 Å². The van der Waals surface area contributed by atoms with Gasteiger partial charge in [0.1, 0.15) is 11.8 Å². The number of hydrogen-bond acceptors (Lipinski definition) is 5. The quantitative estimate of drug-likeness (QED) is 0.387. The van der Waals surface area contributed by atoms with Gasteiger partial charge in [-0.3, -0.25) is 14.5 Å². The summed E-state index contributed by atoms with van der Waals surface area (Å²) in [7, 11) is 0. The largest absolute Gasteiger partial charge is 0.298 e. The molecule has 0 amide bonds. The van der Waals surface area contributed by atoms with Crippen LogP contribution in [0.2, 0.25) is 0 Å². The Bertz CT molecular complexity index is 1510. The number of imidazole rings is 1. The van der Waals surface area contributed by atoms with Crippen molar-refractivity contribution in [2.45, 2.75) is 6.92 Å². The van der Waals surface area contributed by atoms with E-state index in [-0.39, 0.29) is 0 Å². The molecule has 29 heavy (non-hydrogen) atoms. The maximum atomic E-state index is 4.62. The summed E-state index contributed by atoms with van der Waals surface area (Å²) in [6, 6.07) is 18.6. The van der Waals surface area contributed by atoms with Gasteiger partial charge in [-0.25, -0.2) is 9.97 Å². The number of hydrogen-bond donors (Lipinski definition) is 0. The molecular formula is C23H15N5S. The van der Waals surface area contributed by atoms with Crippen molar-refractivity contribution in [3.05, 3.63) is 78.3 Å². The van der Waals surface area contributed by atoms with Crippen LogP contribution >= 0.6 is 11.3 Å². The SMILES string of the molecule is Cc1nc2ccc(-n3cnc4cnc5cnc(-c6ccccc6)cc5c43)cc2s1. The molecule has 5 nitrogen and oxygen atoms in total. The van der Waals surface area contributed by atoms with Gasteiger partial charge in [-0.15, -0.1) is 11.3 Å². The lowest BCUT2D eigenvalue weighted by Crippen LogP contribution is -1.94. The highest BCUT2D eigenvalue weighted by atomic mass is 32.1. The summed E-state index contributed by atoms with van der Waals surface area (Å²) in [5.41, 5.74) is 6.86. The standard InChI is InChI=1S/C23H15N5S/c1-14-27-18-8-7-16(9-22(18)29-14)28-13-26-21-12-25-20-11-24-19(10-17(20)23(21)28)15-5-3-2-4-6-15/h2-13H,1H3. The van der Waals surface area contributed by atoms with Gasteiger partial charge in [-0.1, -0.05) is 30.3 Å². The molecule has 4 heterocycles. The summed E-state index contributed by atoms with van der Waals surface area (Å²) in [6.07, 6.45) is 5.51. The third kappa shape index (κ3) is 2.61. The Morgan fingerprint density at radius 3 is 2.59 bits per heavy atom. The van der Waals surface area contributed by atoms with E-state index in [0.717, 1.165) is 49.4 Å². The number of aryl methyl sites for hydroxylation is 1. The number of thiazole rings is 1. The Morgan fingerprint density at radius 1 is 0.828 bits per heavy atom. The maximum Gasteiger partial charge on any atom is 0.108 e. The van der Waals surface area contributed by atoms with Crippen molar-refractivity contribution in [1.82, 2.24) is 24.5 Å². The second-order valence-corrected chi connectivity index (χ2v) is 8.18. The normalized spacial score (nSPS) is 11.6. The van der Waals surface area contributed by atoms with Gasteiger partial charge in [0.2, 0.25) is 0 Å². The van der Waals surface area contributed by atoms with Crippen LogP contribution in [0.15, 0.2) is 73.3 Å². The monoisotopic (exact) mass is 393 g/mol. The topological polar surface area (TPSA) is 56.5 Å². The molecule has 0 spiro atoms. The summed E-state index contributed by atoms with van der Waals surface area (Å²) in [5, 5.41) is 2.11. The van der Waals surface area contributed by atoms with Crippen LogP contribution in [0.1, 0.15) is 5.01 Å². The van der Waals surface area contributed by atoms with E-state index in [0.29, 0.717) is 0 Å². The van der Waals surface area contributed by atoms with Crippen LogP contribution < -0.4 is 0 Å². The fraction of sp³-hybridized carbons (Fsp3) is 0.0435. The van der Waals surface area contributed by atoms with E-state index < -0.39 is 0 Å². The van der Waals surface area contributed by atoms with E-state index >= 15 is 0 Å². The van der Waals surface area contributed by atoms with E-state index in [1.165, 1.54) is 4.70 Å². The van der Waals surface area contributed by atoms with Gasteiger partial charge in [0, 0.05) is 16.6 Å². The van der Waals surface area contributed by atoms with Gasteiger partial charge in [0.05, 0.1) is 44.3 Å². The average Bonchev–Trinajstić information content (AvgIpc) is 3.36. The Labute approximate surface area is 170 Å². The van der Waals surface area contributed by atoms with Gasteiger partial charge in [-0.05, 0) is 31.2 Å². The molecule has 0 atom stereocenters. The Morgan fingerprint density at radius 2 is 1.69 bits per heavy atom. The molecule has 0 bridgehead atoms. The van der Waals surface area contributed by atoms with Crippen molar-refractivity contribution in [2.24, 2.45) is 0 Å². The van der Waals surface area contributed by atoms with Gasteiger partial charge in [0.15, 0.2) is 0 Å². The summed E-state index contributed by atoms with van der Waals surface area (Å²) < 4.78 is 3.30. The molecule has 2 aromatic carbocycles. The molecule has 6 heteroatoms. The average molecular weight is 393 g/mol. The van der Waals surface area contributed by atoms with Crippen molar-refractivity contribution in [3.63, 3.8) is 0 Å². The maximum absolute atomic E-state index is 4.62. The minimum Gasteiger partial charge on any atom is -0.298 e. The zero-order chi connectivity index (χ0) is 19.4. The lowest BCUT2D eigenvalue weighted by atomic mass is 10.1. The van der Waals surface area contributed by atoms with Crippen LogP contribution in [0, 0.1) is 6.92 Å². The number of fused-ring (bicyclic) bond motifs is 4. The molecule has 6 aromatic rings. The van der Waals surface area contributed by atoms with Crippen molar-refractivity contribution >= 4 is 43.5 Å². The smallest absolute Gasteiger partial charge is 0.108 e. The molecule has 0 fully saturated rings. The molecule has 0 aliphatic heterocycles. The number of nitrogens with zero attached hydrogens (tertiary/aromatic N) is 5. The molecule has 6 rings (SSSR count). The third-order valence-electron chi connectivity index (χ3n) is 5.09. The molecule has 0 N–H and O–H groups in total. The highest BCUT2D eigenvalue weighted by Gasteiger charge is 2.13. The number of benzene rings is 2. The second-order valence-electron chi connectivity index (χ2n) is 6.94. The predicted molar refractivity (Wildman–Crippen MR) is 118 cm³/mol. The Hall–Kier alpha value is -3.64. The zero-order valence-electron chi connectivity index (χ0n) is 15.6. The Balaban J connectivity index is 1.63. The number of rotatable bonds is 2. The fourth-order valence-corrected chi connectivity index (χ4v) is 4.60. The van der Waals surface area contributed by atoms with Crippen LogP contribution in [0.25, 0.3) is 49.1 Å². The van der Waals surface area contributed by atoms with Crippen molar-refractivity contribution < 1.29 is 0 Å². The van der Waals surface area contributed by atoms with E-state index in [9.17, 15) is 0 Å². The van der Waals surface area contributed by atoms with E-state index in [1.807, 2.05) is 43.8 Å². The number of pyridine rings is 2. The highest BCUT2D eigenvalue weighted by molar-refractivity contribution is 7.18. The molecule has 0 radical (unpaired) electrons. The summed E-state index contributed by atoms with van der Waals surface area (Å²) in [4.78, 5) is 18.3. The minimum atomic E-state index is 0.855. The van der Waals surface area contributed by atoms with Crippen molar-refractivity contribution in [1.29, 1.82) is 0 Å². The molecule has 0 saturated heterocycles. The second kappa shape index (κ2) is 6.18. The van der Waals surface area contributed by atoms with Crippen LogP contribution in [-0.2, 0) is 0 Å². The van der Waals surface area contributed by atoms with Crippen molar-refractivity contribution in [2.75, 3.05) is 0 Å². The summed E-state index contributed by atoms with van der Waals surface area (Å²) in [6.45, 7) is 2.04. The van der Waals surface area contributed by atoms with E-state index in [2.05, 4.69) is 60.9 Å². The molecule has 0 saturated carbocycles. The van der Waals surface area contributed by atoms with Crippen LogP contribution in [0.5, 0.6) is 0 Å². The molecular weight excluding hydrogens is 378 g/mol. The number of aromatic nitrogens is 5. The zero-order valence-corrected chi connectivity index (χ0v) is 16.4. The van der Waals surface area contributed by atoms with E-state index in [4.69, 9.17) is 0 Å². The first-order chi connectivity index (χ1) is 14.3. The fourth-order valence-electron chi connectivity index (χ4n) is 3.74. The molecule has 0 aliphatic rings. The van der Waals surface area contributed by atoms with E-state index in [1.54, 1.807) is 11.3 Å². The van der Waals surface area contributed by atoms with Gasteiger partial charge < -0.3 is 0 Å². The Kier molecular flexibility index (Phi) is 3.48. The van der Waals surface area contributed by atoms with Crippen molar-refractivity contribution in [3.8, 4) is 16.9 Å². The summed E-state index contributed by atoms with van der Waals surface area (Å²) in [5.74, 6) is 0. The highest BCUT2D eigenvalue weighted by Crippen LogP contribution is 2.30. The first-order valence-electron chi connectivity index (χ1n) is 9.31. The van der Waals surface area contributed by atoms with Gasteiger partial charge in [0.25, 0.3) is 0 Å². The van der Waals surface area contributed by atoms with Gasteiger partial charge in [-0.2, -0.15) is 0 Å². The lowest BCUT2D eigenvalue weighted by molar-refractivity contribution is 1.10. The van der Waals surface area contributed by atoms with Crippen LogP contribution in [-0.4, -0.2) is 24.5 Å². The first kappa shape index (κ1) is 16.3. The van der Waals surface area contributed by atoms with Crippen LogP contribution in [0.3, 0.4) is 0 Å². The summed E-state index contributed by atoms with van der Waals surface area (Å²) >= 11 is 1.71. The molecule has 0 unspecified atom stereocenters. The lowest BCUT2D eigenvalue weighted by Gasteiger charge is -2.08. The third-order valence-corrected chi connectivity index (χ3v) is 6.02. The van der Waals surface area contributed by atoms with Gasteiger partial charge >= 0.3 is 0 Å². The minimum absolute atomic E-state index is 0.855. The molecule has 4 aromatic heterocycles. The first-order valence-corrected chi connectivity index (χ1v) is 10.1. The molecule has 138 valence electrons. The molecule has 0 aliphatic carbocycles.